The predicted molar refractivity (Wildman–Crippen MR) is 98.4 cm³/mol. The average Bonchev–Trinajstić information content (AvgIpc) is 3.28. The molecule has 1 saturated carbocycles. The molecule has 0 atom stereocenters. The second-order valence-electron chi connectivity index (χ2n) is 7.03. The number of hydrogen-bond acceptors (Lipinski definition) is 1. The number of nitrogens with one attached hydrogen (secondary N) is 2. The summed E-state index contributed by atoms with van der Waals surface area (Å²) in [5, 5.41) is 4.35. The Balaban J connectivity index is 1.68. The second-order valence-corrected chi connectivity index (χ2v) is 7.03. The largest absolute Gasteiger partial charge is 0.361 e. The van der Waals surface area contributed by atoms with Crippen LogP contribution in [0, 0.1) is 0 Å². The Morgan fingerprint density at radius 3 is 2.54 bits per heavy atom. The number of para-hydroxylation sites is 2. The first kappa shape index (κ1) is 15.0. The number of aromatic nitrogens is 1. The lowest BCUT2D eigenvalue weighted by Gasteiger charge is -2.18. The third-order valence-corrected chi connectivity index (χ3v) is 5.12. The van der Waals surface area contributed by atoms with E-state index in [0.29, 0.717) is 5.92 Å². The average molecular weight is 318 g/mol. The smallest absolute Gasteiger partial charge is 0.235 e. The number of carbonyl (C=O) groups excluding carboxylic acids is 1. The number of aromatic amines is 1. The fourth-order valence-electron chi connectivity index (χ4n) is 3.57. The zero-order valence-electron chi connectivity index (χ0n) is 14.1. The summed E-state index contributed by atoms with van der Waals surface area (Å²) in [6.45, 7) is 4.30. The van der Waals surface area contributed by atoms with E-state index < -0.39 is 0 Å². The van der Waals surface area contributed by atoms with Crippen molar-refractivity contribution in [2.45, 2.75) is 38.0 Å². The molecule has 2 aromatic carbocycles. The highest BCUT2D eigenvalue weighted by Gasteiger charge is 2.52. The highest BCUT2D eigenvalue weighted by Crippen LogP contribution is 2.51. The first-order valence-corrected chi connectivity index (χ1v) is 8.59. The van der Waals surface area contributed by atoms with Gasteiger partial charge in [0.2, 0.25) is 5.91 Å². The first-order valence-electron chi connectivity index (χ1n) is 8.59. The zero-order chi connectivity index (χ0) is 16.7. The maximum atomic E-state index is 13.1. The Morgan fingerprint density at radius 2 is 1.79 bits per heavy atom. The number of fused-ring (bicyclic) bond motifs is 1. The molecule has 3 aromatic rings. The van der Waals surface area contributed by atoms with Gasteiger partial charge in [-0.05, 0) is 42.0 Å². The van der Waals surface area contributed by atoms with Crippen LogP contribution in [0.2, 0.25) is 0 Å². The molecule has 4 rings (SSSR count). The summed E-state index contributed by atoms with van der Waals surface area (Å²) in [6.07, 6.45) is 3.82. The van der Waals surface area contributed by atoms with Crippen molar-refractivity contribution in [3.05, 3.63) is 65.9 Å². The van der Waals surface area contributed by atoms with Crippen LogP contribution < -0.4 is 5.32 Å². The van der Waals surface area contributed by atoms with E-state index in [1.165, 1.54) is 5.56 Å². The lowest BCUT2D eigenvalue weighted by atomic mass is 9.93. The first-order chi connectivity index (χ1) is 11.6. The molecule has 24 heavy (non-hydrogen) atoms. The van der Waals surface area contributed by atoms with Crippen molar-refractivity contribution < 1.29 is 4.79 Å². The number of rotatable bonds is 4. The van der Waals surface area contributed by atoms with Crippen molar-refractivity contribution in [1.29, 1.82) is 0 Å². The third-order valence-electron chi connectivity index (χ3n) is 5.12. The molecule has 0 bridgehead atoms. The van der Waals surface area contributed by atoms with Gasteiger partial charge in [-0.15, -0.1) is 0 Å². The topological polar surface area (TPSA) is 44.9 Å². The molecular formula is C21H22N2O. The maximum absolute atomic E-state index is 13.1. The van der Waals surface area contributed by atoms with Crippen LogP contribution in [0.25, 0.3) is 10.9 Å². The Hall–Kier alpha value is -2.55. The second kappa shape index (κ2) is 5.52. The molecule has 0 radical (unpaired) electrons. The van der Waals surface area contributed by atoms with Gasteiger partial charge in [0.1, 0.15) is 0 Å². The summed E-state index contributed by atoms with van der Waals surface area (Å²) < 4.78 is 0. The van der Waals surface area contributed by atoms with E-state index in [0.717, 1.165) is 35.0 Å². The molecule has 1 aliphatic carbocycles. The lowest BCUT2D eigenvalue weighted by Crippen LogP contribution is -2.28. The minimum Gasteiger partial charge on any atom is -0.361 e. The van der Waals surface area contributed by atoms with Gasteiger partial charge in [0.25, 0.3) is 0 Å². The molecule has 1 aliphatic rings. The summed E-state index contributed by atoms with van der Waals surface area (Å²) in [5.74, 6) is 0.491. The summed E-state index contributed by atoms with van der Waals surface area (Å²) >= 11 is 0. The van der Waals surface area contributed by atoms with Gasteiger partial charge in [-0.3, -0.25) is 4.79 Å². The van der Waals surface area contributed by atoms with E-state index in [1.54, 1.807) is 0 Å². The Morgan fingerprint density at radius 1 is 1.08 bits per heavy atom. The molecule has 0 spiro atoms. The van der Waals surface area contributed by atoms with Gasteiger partial charge >= 0.3 is 0 Å². The van der Waals surface area contributed by atoms with Gasteiger partial charge in [0, 0.05) is 22.8 Å². The fourth-order valence-corrected chi connectivity index (χ4v) is 3.57. The molecule has 2 N–H and O–H groups in total. The quantitative estimate of drug-likeness (QED) is 0.701. The summed E-state index contributed by atoms with van der Waals surface area (Å²) in [6, 6.07) is 16.3. The standard InChI is InChI=1S/C21H22N2O/c1-14(2)15-7-3-6-10-19(15)23-20(24)21(11-12-21)17-13-22-18-9-5-4-8-16(17)18/h3-10,13-14,22H,11-12H2,1-2H3,(H,23,24). The van der Waals surface area contributed by atoms with E-state index in [4.69, 9.17) is 0 Å². The number of H-pyrrole nitrogens is 1. The van der Waals surface area contributed by atoms with Crippen LogP contribution in [0.1, 0.15) is 43.7 Å². The van der Waals surface area contributed by atoms with Crippen molar-refractivity contribution in [3.8, 4) is 0 Å². The normalized spacial score (nSPS) is 15.6. The Kier molecular flexibility index (Phi) is 3.45. The molecule has 1 amide bonds. The molecule has 3 heteroatoms. The predicted octanol–water partition coefficient (Wildman–Crippen LogP) is 4.96. The van der Waals surface area contributed by atoms with Crippen LogP contribution in [0.3, 0.4) is 0 Å². The monoisotopic (exact) mass is 318 g/mol. The molecule has 1 fully saturated rings. The van der Waals surface area contributed by atoms with Crippen molar-refractivity contribution >= 4 is 22.5 Å². The van der Waals surface area contributed by atoms with Crippen molar-refractivity contribution in [1.82, 2.24) is 4.98 Å². The van der Waals surface area contributed by atoms with Crippen molar-refractivity contribution in [3.63, 3.8) is 0 Å². The molecule has 0 saturated heterocycles. The minimum atomic E-state index is -0.385. The van der Waals surface area contributed by atoms with E-state index in [1.807, 2.05) is 36.5 Å². The molecule has 122 valence electrons. The van der Waals surface area contributed by atoms with Crippen LogP contribution in [0.15, 0.2) is 54.7 Å². The summed E-state index contributed by atoms with van der Waals surface area (Å²) in [5.41, 5.74) is 3.94. The third kappa shape index (κ3) is 2.32. The van der Waals surface area contributed by atoms with Gasteiger partial charge in [0.05, 0.1) is 5.41 Å². The van der Waals surface area contributed by atoms with Gasteiger partial charge in [-0.25, -0.2) is 0 Å². The minimum absolute atomic E-state index is 0.111. The highest BCUT2D eigenvalue weighted by molar-refractivity contribution is 6.04. The molecule has 1 aromatic heterocycles. The van der Waals surface area contributed by atoms with E-state index in [2.05, 4.69) is 42.3 Å². The highest BCUT2D eigenvalue weighted by atomic mass is 16.2. The van der Waals surface area contributed by atoms with Crippen LogP contribution in [0.5, 0.6) is 0 Å². The summed E-state index contributed by atoms with van der Waals surface area (Å²) in [7, 11) is 0. The lowest BCUT2D eigenvalue weighted by molar-refractivity contribution is -0.118. The molecule has 0 aliphatic heterocycles. The number of hydrogen-bond donors (Lipinski definition) is 2. The van der Waals surface area contributed by atoms with E-state index in [9.17, 15) is 4.79 Å². The number of benzene rings is 2. The number of amides is 1. The molecule has 0 unspecified atom stereocenters. The van der Waals surface area contributed by atoms with Crippen LogP contribution in [-0.4, -0.2) is 10.9 Å². The van der Waals surface area contributed by atoms with Gasteiger partial charge in [-0.1, -0.05) is 50.2 Å². The zero-order valence-corrected chi connectivity index (χ0v) is 14.1. The van der Waals surface area contributed by atoms with Crippen LogP contribution in [0.4, 0.5) is 5.69 Å². The maximum Gasteiger partial charge on any atom is 0.235 e. The summed E-state index contributed by atoms with van der Waals surface area (Å²) in [4.78, 5) is 16.4. The van der Waals surface area contributed by atoms with E-state index >= 15 is 0 Å². The molecule has 3 nitrogen and oxygen atoms in total. The van der Waals surface area contributed by atoms with Crippen LogP contribution in [-0.2, 0) is 10.2 Å². The number of carbonyl (C=O) groups is 1. The Labute approximate surface area is 142 Å². The molecule has 1 heterocycles. The van der Waals surface area contributed by atoms with Gasteiger partial charge in [-0.2, -0.15) is 0 Å². The molecular weight excluding hydrogens is 296 g/mol. The number of anilines is 1. The van der Waals surface area contributed by atoms with E-state index in [-0.39, 0.29) is 11.3 Å². The fraction of sp³-hybridized carbons (Fsp3) is 0.286. The van der Waals surface area contributed by atoms with Gasteiger partial charge in [0.15, 0.2) is 0 Å². The van der Waals surface area contributed by atoms with Crippen molar-refractivity contribution in [2.24, 2.45) is 0 Å². The van der Waals surface area contributed by atoms with Crippen LogP contribution >= 0.6 is 0 Å². The van der Waals surface area contributed by atoms with Gasteiger partial charge < -0.3 is 10.3 Å². The SMILES string of the molecule is CC(C)c1ccccc1NC(=O)C1(c2c[nH]c3ccccc23)CC1. The van der Waals surface area contributed by atoms with Crippen molar-refractivity contribution in [2.75, 3.05) is 5.32 Å². The Bertz CT molecular complexity index is 903.